The molecule has 2 aromatic heterocycles. The third-order valence-corrected chi connectivity index (χ3v) is 4.38. The third-order valence-electron chi connectivity index (χ3n) is 4.38. The van der Waals surface area contributed by atoms with Crippen LogP contribution in [0.15, 0.2) is 42.7 Å². The van der Waals surface area contributed by atoms with E-state index in [0.29, 0.717) is 6.42 Å². The fourth-order valence-corrected chi connectivity index (χ4v) is 3.09. The number of hydrogen-bond acceptors (Lipinski definition) is 3. The van der Waals surface area contributed by atoms with Crippen molar-refractivity contribution in [3.8, 4) is 0 Å². The number of fused-ring (bicyclic) bond motifs is 2. The summed E-state index contributed by atoms with van der Waals surface area (Å²) in [4.78, 5) is 21.0. The molecule has 3 aromatic rings. The molecule has 0 saturated heterocycles. The predicted octanol–water partition coefficient (Wildman–Crippen LogP) is 3.08. The Morgan fingerprint density at radius 1 is 1.26 bits per heavy atom. The number of amides is 1. The first-order valence-electron chi connectivity index (χ1n) is 7.76. The quantitative estimate of drug-likeness (QED) is 0.781. The van der Waals surface area contributed by atoms with E-state index < -0.39 is 0 Å². The molecule has 2 N–H and O–H groups in total. The van der Waals surface area contributed by atoms with Gasteiger partial charge in [0.15, 0.2) is 0 Å². The second-order valence-corrected chi connectivity index (χ2v) is 5.91. The highest BCUT2D eigenvalue weighted by Gasteiger charge is 2.20. The normalized spacial score (nSPS) is 14.1. The van der Waals surface area contributed by atoms with E-state index in [1.165, 1.54) is 5.56 Å². The van der Waals surface area contributed by atoms with Crippen LogP contribution in [0.25, 0.3) is 10.9 Å². The molecule has 0 atom stereocenters. The lowest BCUT2D eigenvalue weighted by atomic mass is 10.0. The number of aromatic nitrogens is 2. The number of aromatic amines is 1. The van der Waals surface area contributed by atoms with Gasteiger partial charge in [0.1, 0.15) is 0 Å². The number of anilines is 2. The van der Waals surface area contributed by atoms with Crippen LogP contribution in [-0.2, 0) is 17.8 Å². The van der Waals surface area contributed by atoms with Crippen LogP contribution in [0.1, 0.15) is 17.7 Å². The molecular weight excluding hydrogens is 288 g/mol. The number of pyridine rings is 1. The average molecular weight is 306 g/mol. The summed E-state index contributed by atoms with van der Waals surface area (Å²) in [5.41, 5.74) is 5.53. The monoisotopic (exact) mass is 306 g/mol. The minimum absolute atomic E-state index is 0.185. The van der Waals surface area contributed by atoms with E-state index in [9.17, 15) is 4.79 Å². The second kappa shape index (κ2) is 5.43. The lowest BCUT2D eigenvalue weighted by Crippen LogP contribution is -2.31. The largest absolute Gasteiger partial charge is 0.379 e. The SMILES string of the molecule is CN1C(=O)CCc2cc(NCc3cc4cnccc4[nH]3)ccc21. The number of nitrogens with one attached hydrogen (secondary N) is 2. The molecule has 0 aliphatic carbocycles. The van der Waals surface area contributed by atoms with Crippen LogP contribution in [0.3, 0.4) is 0 Å². The Kier molecular flexibility index (Phi) is 3.26. The van der Waals surface area contributed by atoms with Crippen LogP contribution in [0, 0.1) is 0 Å². The molecule has 0 spiro atoms. The van der Waals surface area contributed by atoms with Gasteiger partial charge in [-0.1, -0.05) is 0 Å². The molecule has 23 heavy (non-hydrogen) atoms. The molecule has 1 aliphatic rings. The second-order valence-electron chi connectivity index (χ2n) is 5.91. The molecule has 0 radical (unpaired) electrons. The van der Waals surface area contributed by atoms with Crippen molar-refractivity contribution >= 4 is 28.2 Å². The number of carbonyl (C=O) groups excluding carboxylic acids is 1. The number of rotatable bonds is 3. The highest BCUT2D eigenvalue weighted by Crippen LogP contribution is 2.29. The van der Waals surface area contributed by atoms with E-state index in [4.69, 9.17) is 0 Å². The van der Waals surface area contributed by atoms with Crippen LogP contribution in [-0.4, -0.2) is 22.9 Å². The number of H-pyrrole nitrogens is 1. The van der Waals surface area contributed by atoms with Crippen LogP contribution >= 0.6 is 0 Å². The summed E-state index contributed by atoms with van der Waals surface area (Å²) in [6.45, 7) is 0.724. The highest BCUT2D eigenvalue weighted by atomic mass is 16.2. The van der Waals surface area contributed by atoms with E-state index in [0.717, 1.165) is 40.9 Å². The Hall–Kier alpha value is -2.82. The van der Waals surface area contributed by atoms with E-state index >= 15 is 0 Å². The van der Waals surface area contributed by atoms with Gasteiger partial charge < -0.3 is 15.2 Å². The van der Waals surface area contributed by atoms with Gasteiger partial charge in [-0.05, 0) is 42.3 Å². The Bertz CT molecular complexity index is 851. The Labute approximate surface area is 134 Å². The summed E-state index contributed by atoms with van der Waals surface area (Å²) in [6, 6.07) is 10.3. The van der Waals surface area contributed by atoms with Gasteiger partial charge in [-0.25, -0.2) is 0 Å². The number of nitrogens with zero attached hydrogens (tertiary/aromatic N) is 2. The first kappa shape index (κ1) is 13.8. The third kappa shape index (κ3) is 2.54. The van der Waals surface area contributed by atoms with Gasteiger partial charge in [-0.15, -0.1) is 0 Å². The topological polar surface area (TPSA) is 61.0 Å². The predicted molar refractivity (Wildman–Crippen MR) is 91.6 cm³/mol. The summed E-state index contributed by atoms with van der Waals surface area (Å²) in [5.74, 6) is 0.185. The van der Waals surface area contributed by atoms with Crippen molar-refractivity contribution in [1.29, 1.82) is 0 Å². The van der Waals surface area contributed by atoms with Crippen molar-refractivity contribution in [2.24, 2.45) is 0 Å². The van der Waals surface area contributed by atoms with Crippen LogP contribution in [0.5, 0.6) is 0 Å². The van der Waals surface area contributed by atoms with Gasteiger partial charge >= 0.3 is 0 Å². The van der Waals surface area contributed by atoms with Gasteiger partial charge in [-0.3, -0.25) is 9.78 Å². The molecule has 0 unspecified atom stereocenters. The Balaban J connectivity index is 1.52. The van der Waals surface area contributed by atoms with Crippen molar-refractivity contribution in [2.45, 2.75) is 19.4 Å². The molecule has 0 saturated carbocycles. The minimum Gasteiger partial charge on any atom is -0.379 e. The Morgan fingerprint density at radius 2 is 2.17 bits per heavy atom. The molecule has 1 aliphatic heterocycles. The summed E-state index contributed by atoms with van der Waals surface area (Å²) < 4.78 is 0. The van der Waals surface area contributed by atoms with E-state index in [-0.39, 0.29) is 5.91 Å². The summed E-state index contributed by atoms with van der Waals surface area (Å²) in [5, 5.41) is 4.56. The molecule has 5 heteroatoms. The van der Waals surface area contributed by atoms with Crippen molar-refractivity contribution in [3.05, 3.63) is 54.0 Å². The fraction of sp³-hybridized carbons (Fsp3) is 0.222. The zero-order valence-electron chi connectivity index (χ0n) is 13.0. The molecule has 1 amide bonds. The molecule has 116 valence electrons. The summed E-state index contributed by atoms with van der Waals surface area (Å²) in [6.07, 6.45) is 5.05. The van der Waals surface area contributed by atoms with Crippen molar-refractivity contribution in [2.75, 3.05) is 17.3 Å². The first-order valence-corrected chi connectivity index (χ1v) is 7.76. The maximum atomic E-state index is 11.7. The molecule has 1 aromatic carbocycles. The smallest absolute Gasteiger partial charge is 0.227 e. The molecular formula is C18H18N4O. The van der Waals surface area contributed by atoms with Gasteiger partial charge in [0.2, 0.25) is 5.91 Å². The van der Waals surface area contributed by atoms with Crippen LogP contribution in [0.2, 0.25) is 0 Å². The number of aryl methyl sites for hydroxylation is 1. The molecule has 3 heterocycles. The van der Waals surface area contributed by atoms with E-state index in [1.54, 1.807) is 11.1 Å². The average Bonchev–Trinajstić information content (AvgIpc) is 2.99. The van der Waals surface area contributed by atoms with Gasteiger partial charge in [0, 0.05) is 53.8 Å². The van der Waals surface area contributed by atoms with Crippen molar-refractivity contribution in [1.82, 2.24) is 9.97 Å². The van der Waals surface area contributed by atoms with Crippen molar-refractivity contribution < 1.29 is 4.79 Å². The minimum atomic E-state index is 0.185. The molecule has 4 rings (SSSR count). The zero-order chi connectivity index (χ0) is 15.8. The maximum absolute atomic E-state index is 11.7. The lowest BCUT2D eigenvalue weighted by molar-refractivity contribution is -0.118. The van der Waals surface area contributed by atoms with Crippen LogP contribution < -0.4 is 10.2 Å². The number of hydrogen-bond donors (Lipinski definition) is 2. The van der Waals surface area contributed by atoms with Gasteiger partial charge in [0.25, 0.3) is 0 Å². The summed E-state index contributed by atoms with van der Waals surface area (Å²) in [7, 11) is 1.84. The Morgan fingerprint density at radius 3 is 3.04 bits per heavy atom. The van der Waals surface area contributed by atoms with Gasteiger partial charge in [-0.2, -0.15) is 0 Å². The molecule has 0 fully saturated rings. The fourth-order valence-electron chi connectivity index (χ4n) is 3.09. The highest BCUT2D eigenvalue weighted by molar-refractivity contribution is 5.96. The van der Waals surface area contributed by atoms with E-state index in [1.807, 2.05) is 31.4 Å². The lowest BCUT2D eigenvalue weighted by Gasteiger charge is -2.26. The molecule has 0 bridgehead atoms. The molecule has 5 nitrogen and oxygen atoms in total. The van der Waals surface area contributed by atoms with Gasteiger partial charge in [0.05, 0.1) is 6.54 Å². The van der Waals surface area contributed by atoms with Crippen LogP contribution in [0.4, 0.5) is 11.4 Å². The number of carbonyl (C=O) groups is 1. The maximum Gasteiger partial charge on any atom is 0.227 e. The standard InChI is InChI=1S/C18H18N4O/c1-22-17-4-3-14(8-12(17)2-5-18(22)23)20-11-15-9-13-10-19-7-6-16(13)21-15/h3-4,6-10,20-21H,2,5,11H2,1H3. The van der Waals surface area contributed by atoms with Crippen molar-refractivity contribution in [3.63, 3.8) is 0 Å². The van der Waals surface area contributed by atoms with E-state index in [2.05, 4.69) is 27.4 Å². The summed E-state index contributed by atoms with van der Waals surface area (Å²) >= 11 is 0. The number of benzene rings is 1. The zero-order valence-corrected chi connectivity index (χ0v) is 13.0. The first-order chi connectivity index (χ1) is 11.2.